The van der Waals surface area contributed by atoms with Crippen molar-refractivity contribution in [2.45, 2.75) is 19.9 Å². The normalized spacial score (nSPS) is 11.0. The second-order valence-corrected chi connectivity index (χ2v) is 7.47. The van der Waals surface area contributed by atoms with Crippen molar-refractivity contribution in [1.29, 1.82) is 0 Å². The lowest BCUT2D eigenvalue weighted by molar-refractivity contribution is 0.102. The fourth-order valence-corrected chi connectivity index (χ4v) is 3.54. The highest BCUT2D eigenvalue weighted by molar-refractivity contribution is 7.79. The molecule has 0 aromatic heterocycles. The zero-order chi connectivity index (χ0) is 20.4. The maximum atomic E-state index is 12.7. The summed E-state index contributed by atoms with van der Waals surface area (Å²) in [5, 5.41) is 9.07. The molecule has 1 amide bonds. The number of anilines is 2. The highest BCUT2D eigenvalue weighted by Crippen LogP contribution is 2.35. The summed E-state index contributed by atoms with van der Waals surface area (Å²) in [6.07, 6.45) is 0. The van der Waals surface area contributed by atoms with Gasteiger partial charge in [0.2, 0.25) is 0 Å². The Labute approximate surface area is 175 Å². The van der Waals surface area contributed by atoms with Crippen LogP contribution in [-0.4, -0.2) is 22.3 Å². The van der Waals surface area contributed by atoms with Crippen LogP contribution in [-0.2, 0) is 0 Å². The van der Waals surface area contributed by atoms with E-state index in [0.717, 1.165) is 33.4 Å². The lowest BCUT2D eigenvalue weighted by Gasteiger charge is -2.10. The maximum absolute atomic E-state index is 12.7. The van der Waals surface area contributed by atoms with E-state index in [2.05, 4.69) is 30.5 Å². The number of amides is 1. The van der Waals surface area contributed by atoms with Crippen LogP contribution >= 0.6 is 12.2 Å². The van der Waals surface area contributed by atoms with Crippen molar-refractivity contribution in [2.24, 2.45) is 0 Å². The predicted molar refractivity (Wildman–Crippen MR) is 124 cm³/mol. The third kappa shape index (κ3) is 3.96. The molecule has 0 spiro atoms. The number of fused-ring (bicyclic) bond motifs is 3. The van der Waals surface area contributed by atoms with Crippen molar-refractivity contribution in [2.75, 3.05) is 10.6 Å². The number of hydrogen-bond donors (Lipinski definition) is 2. The molecule has 0 unspecified atom stereocenters. The molecule has 29 heavy (non-hydrogen) atoms. The first-order chi connectivity index (χ1) is 14.0. The average Bonchev–Trinajstić information content (AvgIpc) is 2.93. The number of hydrogen-bond acceptors (Lipinski definition) is 4. The Morgan fingerprint density at radius 1 is 1.03 bits per heavy atom. The van der Waals surface area contributed by atoms with Crippen molar-refractivity contribution < 1.29 is 4.79 Å². The largest absolute Gasteiger partial charge is 0.381 e. The summed E-state index contributed by atoms with van der Waals surface area (Å²) < 4.78 is 0. The molecule has 0 bridgehead atoms. The van der Waals surface area contributed by atoms with Gasteiger partial charge in [-0.15, -0.1) is 0 Å². The molecular formula is C24H21N3OS. The first-order valence-corrected chi connectivity index (χ1v) is 9.98. The highest BCUT2D eigenvalue weighted by atomic mass is 32.1. The molecule has 0 saturated carbocycles. The molecular weight excluding hydrogens is 378 g/mol. The number of thiocarbonyl (C=S) groups is 1. The van der Waals surface area contributed by atoms with E-state index in [1.807, 2.05) is 48.5 Å². The minimum atomic E-state index is -0.179. The van der Waals surface area contributed by atoms with Gasteiger partial charge in [0.15, 0.2) is 0 Å². The van der Waals surface area contributed by atoms with E-state index in [4.69, 9.17) is 17.2 Å². The first-order valence-electron chi connectivity index (χ1n) is 9.51. The molecule has 0 fully saturated rings. The Kier molecular flexibility index (Phi) is 5.23. The molecule has 5 heteroatoms. The third-order valence-corrected chi connectivity index (χ3v) is 4.92. The Hall–Kier alpha value is -3.31. The van der Waals surface area contributed by atoms with Crippen molar-refractivity contribution in [1.82, 2.24) is 4.98 Å². The van der Waals surface area contributed by atoms with Crippen LogP contribution in [0.5, 0.6) is 0 Å². The standard InChI is InChI=1S/C24H21N3OS/c1-15(2)25-21-11-5-10-20-19-9-4-8-18(13-22(19)27-23(20)21)26-24(28)17-7-3-6-16(12-17)14-29/h3-15,25H,1-2H3,(H,26,28). The summed E-state index contributed by atoms with van der Waals surface area (Å²) in [4.78, 5) is 17.5. The van der Waals surface area contributed by atoms with Crippen LogP contribution in [0, 0.1) is 0 Å². The van der Waals surface area contributed by atoms with Gasteiger partial charge >= 0.3 is 0 Å². The fraction of sp³-hybridized carbons (Fsp3) is 0.125. The SMILES string of the molecule is CC(C)Nc1cccc2c3cccc(NC(=O)c4cccc(C=S)c4)cc-3nc12. The van der Waals surface area contributed by atoms with Gasteiger partial charge in [-0.3, -0.25) is 4.79 Å². The molecule has 1 heterocycles. The van der Waals surface area contributed by atoms with Gasteiger partial charge < -0.3 is 10.6 Å². The summed E-state index contributed by atoms with van der Waals surface area (Å²) in [5.74, 6) is -0.179. The van der Waals surface area contributed by atoms with Crippen molar-refractivity contribution in [3.05, 3.63) is 77.9 Å². The minimum Gasteiger partial charge on any atom is -0.381 e. The zero-order valence-corrected chi connectivity index (χ0v) is 17.1. The molecule has 0 saturated heterocycles. The number of rotatable bonds is 5. The number of nitrogens with zero attached hydrogens (tertiary/aromatic N) is 1. The second kappa shape index (κ2) is 7.97. The van der Waals surface area contributed by atoms with Gasteiger partial charge in [0.1, 0.15) is 0 Å². The quantitative estimate of drug-likeness (QED) is 0.419. The van der Waals surface area contributed by atoms with Crippen LogP contribution in [0.15, 0.2) is 66.7 Å². The summed E-state index contributed by atoms with van der Waals surface area (Å²) in [6.45, 7) is 4.21. The van der Waals surface area contributed by atoms with Crippen molar-refractivity contribution >= 4 is 45.8 Å². The number of aromatic nitrogens is 1. The lowest BCUT2D eigenvalue weighted by atomic mass is 10.1. The molecule has 144 valence electrons. The van der Waals surface area contributed by atoms with Crippen LogP contribution < -0.4 is 10.6 Å². The minimum absolute atomic E-state index is 0.179. The predicted octanol–water partition coefficient (Wildman–Crippen LogP) is 5.76. The molecule has 2 aliphatic rings. The fourth-order valence-electron chi connectivity index (χ4n) is 3.39. The molecule has 2 aromatic carbocycles. The average molecular weight is 400 g/mol. The summed E-state index contributed by atoms with van der Waals surface area (Å²) in [5.41, 5.74) is 5.94. The molecule has 2 aromatic rings. The van der Waals surface area contributed by atoms with Crippen LogP contribution in [0.25, 0.3) is 22.2 Å². The first kappa shape index (κ1) is 19.0. The molecule has 0 radical (unpaired) electrons. The number of nitrogens with one attached hydrogen (secondary N) is 2. The van der Waals surface area contributed by atoms with Gasteiger partial charge in [-0.1, -0.05) is 48.6 Å². The maximum Gasteiger partial charge on any atom is 0.255 e. The van der Waals surface area contributed by atoms with E-state index < -0.39 is 0 Å². The van der Waals surface area contributed by atoms with E-state index in [1.54, 1.807) is 17.5 Å². The number of carbonyl (C=O) groups is 1. The van der Waals surface area contributed by atoms with Gasteiger partial charge in [0, 0.05) is 33.6 Å². The number of carbonyl (C=O) groups excluding carboxylic acids is 1. The molecule has 2 N–H and O–H groups in total. The van der Waals surface area contributed by atoms with Gasteiger partial charge in [0.05, 0.1) is 16.9 Å². The summed E-state index contributed by atoms with van der Waals surface area (Å²) >= 11 is 4.96. The van der Waals surface area contributed by atoms with Crippen LogP contribution in [0.1, 0.15) is 29.8 Å². The smallest absolute Gasteiger partial charge is 0.255 e. The van der Waals surface area contributed by atoms with Crippen LogP contribution in [0.2, 0.25) is 0 Å². The summed E-state index contributed by atoms with van der Waals surface area (Å²) in [7, 11) is 0. The molecule has 4 nitrogen and oxygen atoms in total. The van der Waals surface area contributed by atoms with Gasteiger partial charge in [0.25, 0.3) is 5.91 Å². The van der Waals surface area contributed by atoms with Crippen LogP contribution in [0.3, 0.4) is 0 Å². The third-order valence-electron chi connectivity index (χ3n) is 4.65. The topological polar surface area (TPSA) is 54.0 Å². The Balaban J connectivity index is 1.71. The second-order valence-electron chi connectivity index (χ2n) is 7.23. The zero-order valence-electron chi connectivity index (χ0n) is 16.3. The molecule has 1 aliphatic carbocycles. The van der Waals surface area contributed by atoms with E-state index >= 15 is 0 Å². The van der Waals surface area contributed by atoms with Crippen molar-refractivity contribution in [3.63, 3.8) is 0 Å². The molecule has 0 atom stereocenters. The Morgan fingerprint density at radius 3 is 2.62 bits per heavy atom. The Morgan fingerprint density at radius 2 is 1.83 bits per heavy atom. The van der Waals surface area contributed by atoms with Crippen LogP contribution in [0.4, 0.5) is 11.4 Å². The van der Waals surface area contributed by atoms with E-state index in [-0.39, 0.29) is 5.91 Å². The highest BCUT2D eigenvalue weighted by Gasteiger charge is 2.15. The van der Waals surface area contributed by atoms with Gasteiger partial charge in [-0.05, 0) is 49.7 Å². The number of benzene rings is 2. The van der Waals surface area contributed by atoms with E-state index in [1.165, 1.54) is 0 Å². The Bertz CT molecular complexity index is 1190. The van der Waals surface area contributed by atoms with Gasteiger partial charge in [-0.25, -0.2) is 4.98 Å². The molecule has 4 rings (SSSR count). The lowest BCUT2D eigenvalue weighted by Crippen LogP contribution is -2.11. The summed E-state index contributed by atoms with van der Waals surface area (Å²) in [6, 6.07) is 21.5. The molecule has 1 aliphatic heterocycles. The van der Waals surface area contributed by atoms with Gasteiger partial charge in [-0.2, -0.15) is 0 Å². The van der Waals surface area contributed by atoms with E-state index in [9.17, 15) is 4.79 Å². The number of para-hydroxylation sites is 1. The van der Waals surface area contributed by atoms with E-state index in [0.29, 0.717) is 17.3 Å². The van der Waals surface area contributed by atoms with Crippen molar-refractivity contribution in [3.8, 4) is 11.3 Å². The monoisotopic (exact) mass is 399 g/mol.